The average molecular weight is 380 g/mol. The van der Waals surface area contributed by atoms with Gasteiger partial charge in [-0.2, -0.15) is 14.8 Å². The number of halogens is 2. The highest BCUT2D eigenvalue weighted by Crippen LogP contribution is 2.40. The van der Waals surface area contributed by atoms with E-state index in [0.717, 1.165) is 17.7 Å². The van der Waals surface area contributed by atoms with Crippen LogP contribution in [-0.2, 0) is 4.79 Å². The first-order valence-corrected chi connectivity index (χ1v) is 8.71. The Hall–Kier alpha value is -3.55. The second kappa shape index (κ2) is 5.98. The lowest BCUT2D eigenvalue weighted by Gasteiger charge is -2.24. The van der Waals surface area contributed by atoms with Crippen LogP contribution in [0.1, 0.15) is 29.2 Å². The van der Waals surface area contributed by atoms with E-state index in [1.165, 1.54) is 10.7 Å². The highest BCUT2D eigenvalue weighted by Gasteiger charge is 2.34. The van der Waals surface area contributed by atoms with Crippen molar-refractivity contribution in [2.45, 2.75) is 19.3 Å². The fourth-order valence-corrected chi connectivity index (χ4v) is 3.65. The van der Waals surface area contributed by atoms with Crippen molar-refractivity contribution in [2.24, 2.45) is 0 Å². The SMILES string of the molecule is Cc1nn(-c2nc3ccccc3o2)c2c1[C@@H](c1ccc(F)c(F)c1)CC(=O)N2. The molecule has 1 N–H and O–H groups in total. The monoisotopic (exact) mass is 380 g/mol. The van der Waals surface area contributed by atoms with Gasteiger partial charge in [-0.3, -0.25) is 4.79 Å². The van der Waals surface area contributed by atoms with Crippen LogP contribution in [0.2, 0.25) is 0 Å². The van der Waals surface area contributed by atoms with Crippen molar-refractivity contribution >= 4 is 22.8 Å². The van der Waals surface area contributed by atoms with Crippen molar-refractivity contribution in [2.75, 3.05) is 5.32 Å². The molecule has 2 aromatic heterocycles. The van der Waals surface area contributed by atoms with E-state index < -0.39 is 17.6 Å². The molecule has 28 heavy (non-hydrogen) atoms. The maximum absolute atomic E-state index is 13.8. The summed E-state index contributed by atoms with van der Waals surface area (Å²) >= 11 is 0. The maximum Gasteiger partial charge on any atom is 0.325 e. The standard InChI is InChI=1S/C20H14F2N4O2/c1-10-18-12(11-6-7-13(21)14(22)8-11)9-17(27)24-19(18)26(25-10)20-23-15-4-2-3-5-16(15)28-20/h2-8,12H,9H2,1H3,(H,24,27)/t12-/m1/s1. The summed E-state index contributed by atoms with van der Waals surface area (Å²) in [6.45, 7) is 1.79. The van der Waals surface area contributed by atoms with Gasteiger partial charge in [-0.25, -0.2) is 8.78 Å². The summed E-state index contributed by atoms with van der Waals surface area (Å²) in [7, 11) is 0. The Kier molecular flexibility index (Phi) is 3.55. The minimum atomic E-state index is -0.950. The number of nitrogens with one attached hydrogen (secondary N) is 1. The number of benzene rings is 2. The van der Waals surface area contributed by atoms with Crippen LogP contribution in [0.4, 0.5) is 14.6 Å². The Morgan fingerprint density at radius 1 is 1.18 bits per heavy atom. The molecule has 1 amide bonds. The van der Waals surface area contributed by atoms with Gasteiger partial charge < -0.3 is 9.73 Å². The first-order chi connectivity index (χ1) is 13.5. The van der Waals surface area contributed by atoms with E-state index in [4.69, 9.17) is 4.42 Å². The molecule has 4 aromatic rings. The molecule has 140 valence electrons. The highest BCUT2D eigenvalue weighted by atomic mass is 19.2. The number of carbonyl (C=O) groups is 1. The van der Waals surface area contributed by atoms with E-state index in [0.29, 0.717) is 28.2 Å². The number of rotatable bonds is 2. The fourth-order valence-electron chi connectivity index (χ4n) is 3.65. The van der Waals surface area contributed by atoms with Gasteiger partial charge in [-0.05, 0) is 36.8 Å². The lowest BCUT2D eigenvalue weighted by atomic mass is 9.86. The van der Waals surface area contributed by atoms with E-state index in [1.807, 2.05) is 18.2 Å². The van der Waals surface area contributed by atoms with Crippen molar-refractivity contribution in [3.8, 4) is 6.01 Å². The molecule has 0 bridgehead atoms. The van der Waals surface area contributed by atoms with Crippen molar-refractivity contribution < 1.29 is 18.0 Å². The Bertz CT molecular complexity index is 1210. The summed E-state index contributed by atoms with van der Waals surface area (Å²) in [5.41, 5.74) is 3.15. The van der Waals surface area contributed by atoms with Gasteiger partial charge in [0.25, 0.3) is 0 Å². The van der Waals surface area contributed by atoms with Crippen LogP contribution in [0.15, 0.2) is 46.9 Å². The van der Waals surface area contributed by atoms with E-state index >= 15 is 0 Å². The molecule has 0 saturated carbocycles. The quantitative estimate of drug-likeness (QED) is 0.569. The molecular weight excluding hydrogens is 366 g/mol. The zero-order valence-electron chi connectivity index (χ0n) is 14.7. The van der Waals surface area contributed by atoms with Crippen LogP contribution in [0.25, 0.3) is 17.1 Å². The van der Waals surface area contributed by atoms with Crippen molar-refractivity contribution in [1.82, 2.24) is 14.8 Å². The third kappa shape index (κ3) is 2.49. The summed E-state index contributed by atoms with van der Waals surface area (Å²) in [5.74, 6) is -2.15. The Balaban J connectivity index is 1.68. The third-order valence-corrected chi connectivity index (χ3v) is 4.91. The van der Waals surface area contributed by atoms with Crippen LogP contribution in [-0.4, -0.2) is 20.7 Å². The largest absolute Gasteiger partial charge is 0.422 e. The minimum absolute atomic E-state index is 0.109. The van der Waals surface area contributed by atoms with Gasteiger partial charge in [0, 0.05) is 17.9 Å². The Morgan fingerprint density at radius 2 is 2.00 bits per heavy atom. The summed E-state index contributed by atoms with van der Waals surface area (Å²) in [4.78, 5) is 16.8. The van der Waals surface area contributed by atoms with Gasteiger partial charge in [0.1, 0.15) is 11.3 Å². The first kappa shape index (κ1) is 16.6. The molecule has 1 aliphatic rings. The number of carbonyl (C=O) groups excluding carboxylic acids is 1. The van der Waals surface area contributed by atoms with Crippen molar-refractivity contribution in [1.29, 1.82) is 0 Å². The number of fused-ring (bicyclic) bond motifs is 2. The van der Waals surface area contributed by atoms with E-state index in [9.17, 15) is 13.6 Å². The minimum Gasteiger partial charge on any atom is -0.422 e. The number of aromatic nitrogens is 3. The van der Waals surface area contributed by atoms with Crippen LogP contribution in [0.3, 0.4) is 0 Å². The normalized spacial score (nSPS) is 16.2. The first-order valence-electron chi connectivity index (χ1n) is 8.71. The molecule has 8 heteroatoms. The smallest absolute Gasteiger partial charge is 0.325 e. The van der Waals surface area contributed by atoms with Crippen LogP contribution in [0, 0.1) is 18.6 Å². The predicted molar refractivity (Wildman–Crippen MR) is 97.3 cm³/mol. The third-order valence-electron chi connectivity index (χ3n) is 4.91. The fraction of sp³-hybridized carbons (Fsp3) is 0.150. The summed E-state index contributed by atoms with van der Waals surface area (Å²) in [5, 5.41) is 7.30. The van der Waals surface area contributed by atoms with Gasteiger partial charge in [-0.15, -0.1) is 0 Å². The lowest BCUT2D eigenvalue weighted by molar-refractivity contribution is -0.116. The topological polar surface area (TPSA) is 73.0 Å². The van der Waals surface area contributed by atoms with Crippen molar-refractivity contribution in [3.63, 3.8) is 0 Å². The number of hydrogen-bond acceptors (Lipinski definition) is 4. The molecule has 0 spiro atoms. The number of nitrogens with zero attached hydrogens (tertiary/aromatic N) is 3. The second-order valence-corrected chi connectivity index (χ2v) is 6.70. The molecule has 0 aliphatic carbocycles. The zero-order valence-corrected chi connectivity index (χ0v) is 14.7. The Labute approximate surface area is 157 Å². The molecule has 6 nitrogen and oxygen atoms in total. The maximum atomic E-state index is 13.8. The highest BCUT2D eigenvalue weighted by molar-refractivity contribution is 5.95. The number of anilines is 1. The summed E-state index contributed by atoms with van der Waals surface area (Å²) in [6, 6.07) is 11.2. The molecule has 0 fully saturated rings. The van der Waals surface area contributed by atoms with Crippen LogP contribution < -0.4 is 5.32 Å². The molecule has 5 rings (SSSR count). The Morgan fingerprint density at radius 3 is 2.79 bits per heavy atom. The molecule has 1 atom stereocenters. The lowest BCUT2D eigenvalue weighted by Crippen LogP contribution is -2.25. The summed E-state index contributed by atoms with van der Waals surface area (Å²) < 4.78 is 34.3. The number of aryl methyl sites for hydroxylation is 1. The number of para-hydroxylation sites is 2. The molecule has 0 saturated heterocycles. The average Bonchev–Trinajstić information content (AvgIpc) is 3.24. The number of hydrogen-bond donors (Lipinski definition) is 1. The van der Waals surface area contributed by atoms with Gasteiger partial charge in [0.2, 0.25) is 5.91 Å². The van der Waals surface area contributed by atoms with Gasteiger partial charge in [0.15, 0.2) is 17.2 Å². The molecule has 2 aromatic carbocycles. The van der Waals surface area contributed by atoms with Gasteiger partial charge >= 0.3 is 6.01 Å². The molecular formula is C20H14F2N4O2. The van der Waals surface area contributed by atoms with E-state index in [1.54, 1.807) is 13.0 Å². The number of amides is 1. The van der Waals surface area contributed by atoms with Gasteiger partial charge in [0.05, 0.1) is 5.69 Å². The molecule has 1 aliphatic heterocycles. The number of oxazole rings is 1. The molecule has 0 unspecified atom stereocenters. The molecule has 0 radical (unpaired) electrons. The zero-order chi connectivity index (χ0) is 19.4. The van der Waals surface area contributed by atoms with Gasteiger partial charge in [-0.1, -0.05) is 18.2 Å². The van der Waals surface area contributed by atoms with E-state index in [-0.39, 0.29) is 18.3 Å². The van der Waals surface area contributed by atoms with Crippen LogP contribution in [0.5, 0.6) is 0 Å². The second-order valence-electron chi connectivity index (χ2n) is 6.70. The predicted octanol–water partition coefficient (Wildman–Crippen LogP) is 4.07. The van der Waals surface area contributed by atoms with E-state index in [2.05, 4.69) is 15.4 Å². The molecule has 3 heterocycles. The summed E-state index contributed by atoms with van der Waals surface area (Å²) in [6.07, 6.45) is 0.109. The van der Waals surface area contributed by atoms with Crippen LogP contribution >= 0.6 is 0 Å². The van der Waals surface area contributed by atoms with Crippen molar-refractivity contribution in [3.05, 3.63) is 70.9 Å².